The zero-order chi connectivity index (χ0) is 18.4. The van der Waals surface area contributed by atoms with Crippen molar-refractivity contribution in [3.05, 3.63) is 41.5 Å². The molecular formula is C21H29NO3. The van der Waals surface area contributed by atoms with Crippen molar-refractivity contribution in [3.8, 4) is 0 Å². The van der Waals surface area contributed by atoms with Crippen molar-refractivity contribution >= 4 is 18.0 Å². The van der Waals surface area contributed by atoms with Gasteiger partial charge >= 0.3 is 5.97 Å². The van der Waals surface area contributed by atoms with E-state index in [1.807, 2.05) is 12.1 Å². The van der Waals surface area contributed by atoms with E-state index >= 15 is 0 Å². The van der Waals surface area contributed by atoms with Crippen molar-refractivity contribution < 1.29 is 14.7 Å². The number of carboxylic acid groups (broad SMARTS) is 1. The Morgan fingerprint density at radius 3 is 2.40 bits per heavy atom. The smallest absolute Gasteiger partial charge is 0.306 e. The van der Waals surface area contributed by atoms with Crippen molar-refractivity contribution in [2.24, 2.45) is 11.8 Å². The molecule has 1 fully saturated rings. The van der Waals surface area contributed by atoms with E-state index in [1.165, 1.54) is 11.6 Å². The summed E-state index contributed by atoms with van der Waals surface area (Å²) in [6.07, 6.45) is 6.90. The number of nitrogens with one attached hydrogen (secondary N) is 1. The number of carbonyl (C=O) groups excluding carboxylic acids is 1. The summed E-state index contributed by atoms with van der Waals surface area (Å²) >= 11 is 0. The minimum atomic E-state index is -0.742. The summed E-state index contributed by atoms with van der Waals surface area (Å²) in [5.41, 5.74) is 2.34. The quantitative estimate of drug-likeness (QED) is 0.794. The standard InChI is InChI=1S/C21H29NO3/c1-21(2,3)17-11-8-15(9-12-17)10-13-19(23)22-14-16-6-4-5-7-18(16)20(24)25/h8-13,16,18H,4-7,14H2,1-3H3,(H,22,23)(H,24,25)/b13-10+/t16-,18-/m0/s1. The van der Waals surface area contributed by atoms with Crippen LogP contribution >= 0.6 is 0 Å². The van der Waals surface area contributed by atoms with Gasteiger partial charge in [-0.3, -0.25) is 9.59 Å². The molecule has 0 radical (unpaired) electrons. The molecule has 0 saturated heterocycles. The highest BCUT2D eigenvalue weighted by Crippen LogP contribution is 2.29. The van der Waals surface area contributed by atoms with Crippen molar-refractivity contribution in [3.63, 3.8) is 0 Å². The van der Waals surface area contributed by atoms with E-state index in [1.54, 1.807) is 6.08 Å². The fraction of sp³-hybridized carbons (Fsp3) is 0.524. The van der Waals surface area contributed by atoms with Gasteiger partial charge in [0, 0.05) is 12.6 Å². The number of carbonyl (C=O) groups is 2. The summed E-state index contributed by atoms with van der Waals surface area (Å²) in [4.78, 5) is 23.3. The maximum Gasteiger partial charge on any atom is 0.306 e. The van der Waals surface area contributed by atoms with Crippen LogP contribution < -0.4 is 5.32 Å². The van der Waals surface area contributed by atoms with E-state index in [4.69, 9.17) is 0 Å². The van der Waals surface area contributed by atoms with Crippen LogP contribution in [0.1, 0.15) is 57.6 Å². The highest BCUT2D eigenvalue weighted by molar-refractivity contribution is 5.91. The molecule has 0 bridgehead atoms. The molecule has 1 aromatic rings. The topological polar surface area (TPSA) is 66.4 Å². The highest BCUT2D eigenvalue weighted by atomic mass is 16.4. The first-order valence-corrected chi connectivity index (χ1v) is 9.06. The van der Waals surface area contributed by atoms with E-state index in [0.717, 1.165) is 24.8 Å². The predicted molar refractivity (Wildman–Crippen MR) is 100 cm³/mol. The Kier molecular flexibility index (Phi) is 6.40. The summed E-state index contributed by atoms with van der Waals surface area (Å²) in [5.74, 6) is -1.21. The van der Waals surface area contributed by atoms with Crippen LogP contribution in [0.15, 0.2) is 30.3 Å². The molecule has 4 nitrogen and oxygen atoms in total. The van der Waals surface area contributed by atoms with Crippen molar-refractivity contribution in [1.82, 2.24) is 5.32 Å². The van der Waals surface area contributed by atoms with Gasteiger partial charge in [0.05, 0.1) is 5.92 Å². The fourth-order valence-electron chi connectivity index (χ4n) is 3.33. The molecule has 0 aromatic heterocycles. The van der Waals surface area contributed by atoms with E-state index < -0.39 is 5.97 Å². The lowest BCUT2D eigenvalue weighted by molar-refractivity contribution is -0.145. The molecule has 1 aliphatic rings. The molecule has 25 heavy (non-hydrogen) atoms. The third kappa shape index (κ3) is 5.73. The minimum Gasteiger partial charge on any atom is -0.481 e. The number of hydrogen-bond donors (Lipinski definition) is 2. The fourth-order valence-corrected chi connectivity index (χ4v) is 3.33. The van der Waals surface area contributed by atoms with Gasteiger partial charge in [-0.25, -0.2) is 0 Å². The summed E-state index contributed by atoms with van der Waals surface area (Å²) in [6.45, 7) is 6.94. The van der Waals surface area contributed by atoms with Crippen LogP contribution in [0.3, 0.4) is 0 Å². The summed E-state index contributed by atoms with van der Waals surface area (Å²) in [7, 11) is 0. The Bertz CT molecular complexity index is 626. The summed E-state index contributed by atoms with van der Waals surface area (Å²) in [5, 5.41) is 12.1. The Morgan fingerprint density at radius 2 is 1.80 bits per heavy atom. The van der Waals surface area contributed by atoms with Crippen LogP contribution in [-0.2, 0) is 15.0 Å². The molecule has 1 aliphatic carbocycles. The van der Waals surface area contributed by atoms with Gasteiger partial charge in [-0.1, -0.05) is 57.9 Å². The highest BCUT2D eigenvalue weighted by Gasteiger charge is 2.30. The molecule has 1 saturated carbocycles. The Hall–Kier alpha value is -2.10. The normalized spacial score (nSPS) is 21.2. The summed E-state index contributed by atoms with van der Waals surface area (Å²) in [6, 6.07) is 8.17. The zero-order valence-corrected chi connectivity index (χ0v) is 15.4. The molecule has 1 aromatic carbocycles. The average molecular weight is 343 g/mol. The molecule has 4 heteroatoms. The molecule has 1 amide bonds. The molecule has 0 heterocycles. The number of carboxylic acids is 1. The van der Waals surface area contributed by atoms with E-state index in [0.29, 0.717) is 13.0 Å². The van der Waals surface area contributed by atoms with Crippen LogP contribution in [0.25, 0.3) is 6.08 Å². The molecule has 136 valence electrons. The number of amides is 1. The maximum absolute atomic E-state index is 12.0. The number of aliphatic carboxylic acids is 1. The number of rotatable bonds is 5. The number of benzene rings is 1. The first-order chi connectivity index (χ1) is 11.8. The lowest BCUT2D eigenvalue weighted by Gasteiger charge is -2.28. The van der Waals surface area contributed by atoms with E-state index in [-0.39, 0.29) is 23.2 Å². The number of hydrogen-bond acceptors (Lipinski definition) is 2. The predicted octanol–water partition coefficient (Wildman–Crippen LogP) is 4.00. The minimum absolute atomic E-state index is 0.0367. The first-order valence-electron chi connectivity index (χ1n) is 9.06. The lowest BCUT2D eigenvalue weighted by Crippen LogP contribution is -2.36. The Labute approximate surface area is 150 Å². The molecule has 2 atom stereocenters. The van der Waals surface area contributed by atoms with Crippen LogP contribution in [0.5, 0.6) is 0 Å². The lowest BCUT2D eigenvalue weighted by atomic mass is 9.79. The van der Waals surface area contributed by atoms with E-state index in [9.17, 15) is 14.7 Å². The van der Waals surface area contributed by atoms with Crippen molar-refractivity contribution in [2.45, 2.75) is 51.9 Å². The summed E-state index contributed by atoms with van der Waals surface area (Å²) < 4.78 is 0. The second-order valence-corrected chi connectivity index (χ2v) is 7.94. The van der Waals surface area contributed by atoms with E-state index in [2.05, 4.69) is 38.2 Å². The van der Waals surface area contributed by atoms with Crippen molar-refractivity contribution in [1.29, 1.82) is 0 Å². The first kappa shape index (κ1) is 19.2. The second kappa shape index (κ2) is 8.32. The van der Waals surface area contributed by atoms with Gasteiger partial charge < -0.3 is 10.4 Å². The monoisotopic (exact) mass is 343 g/mol. The SMILES string of the molecule is CC(C)(C)c1ccc(/C=C/C(=O)NC[C@@H]2CCCC[C@@H]2C(=O)O)cc1. The van der Waals surface area contributed by atoms with Crippen LogP contribution in [0, 0.1) is 11.8 Å². The van der Waals surface area contributed by atoms with Gasteiger partial charge in [-0.2, -0.15) is 0 Å². The van der Waals surface area contributed by atoms with Gasteiger partial charge in [0.15, 0.2) is 0 Å². The van der Waals surface area contributed by atoms with Gasteiger partial charge in [-0.15, -0.1) is 0 Å². The molecule has 2 N–H and O–H groups in total. The molecule has 2 rings (SSSR count). The zero-order valence-electron chi connectivity index (χ0n) is 15.4. The van der Waals surface area contributed by atoms with Gasteiger partial charge in [-0.05, 0) is 41.4 Å². The largest absolute Gasteiger partial charge is 0.481 e. The van der Waals surface area contributed by atoms with Gasteiger partial charge in [0.25, 0.3) is 0 Å². The molecule has 0 aliphatic heterocycles. The molecular weight excluding hydrogens is 314 g/mol. The van der Waals surface area contributed by atoms with Crippen LogP contribution in [0.4, 0.5) is 0 Å². The Morgan fingerprint density at radius 1 is 1.16 bits per heavy atom. The maximum atomic E-state index is 12.0. The third-order valence-corrected chi connectivity index (χ3v) is 4.97. The van der Waals surface area contributed by atoms with Crippen LogP contribution in [-0.4, -0.2) is 23.5 Å². The van der Waals surface area contributed by atoms with Crippen LogP contribution in [0.2, 0.25) is 0 Å². The molecule has 0 spiro atoms. The van der Waals surface area contributed by atoms with Crippen molar-refractivity contribution in [2.75, 3.05) is 6.54 Å². The third-order valence-electron chi connectivity index (χ3n) is 4.97. The van der Waals surface area contributed by atoms with Gasteiger partial charge in [0.2, 0.25) is 5.91 Å². The molecule has 0 unspecified atom stereocenters. The second-order valence-electron chi connectivity index (χ2n) is 7.94. The van der Waals surface area contributed by atoms with Gasteiger partial charge in [0.1, 0.15) is 0 Å². The Balaban J connectivity index is 1.87. The average Bonchev–Trinajstić information content (AvgIpc) is 2.58.